The average Bonchev–Trinajstić information content (AvgIpc) is 2.38. The van der Waals surface area contributed by atoms with Gasteiger partial charge in [-0.1, -0.05) is 0 Å². The van der Waals surface area contributed by atoms with Gasteiger partial charge in [-0.15, -0.1) is 0 Å². The van der Waals surface area contributed by atoms with E-state index in [1.54, 1.807) is 0 Å². The largest absolute Gasteiger partial charge is 0.417 e. The van der Waals surface area contributed by atoms with Gasteiger partial charge >= 0.3 is 6.18 Å². The summed E-state index contributed by atoms with van der Waals surface area (Å²) in [6.07, 6.45) is -10.2. The van der Waals surface area contributed by atoms with Crippen LogP contribution < -0.4 is 0 Å². The molecule has 3 atom stereocenters. The monoisotopic (exact) mass is 230 g/mol. The predicted molar refractivity (Wildman–Crippen MR) is 43.0 cm³/mol. The van der Waals surface area contributed by atoms with Crippen LogP contribution in [0.4, 0.5) is 13.2 Å². The van der Waals surface area contributed by atoms with Gasteiger partial charge in [0.1, 0.15) is 12.2 Å². The Balaban J connectivity index is 2.77. The van der Waals surface area contributed by atoms with E-state index in [0.717, 1.165) is 0 Å². The van der Waals surface area contributed by atoms with Crippen molar-refractivity contribution >= 4 is 0 Å². The normalized spacial score (nSPS) is 33.0. The zero-order valence-corrected chi connectivity index (χ0v) is 8.28. The molecule has 0 aromatic carbocycles. The topological polar surface area (TPSA) is 58.9 Å². The van der Waals surface area contributed by atoms with Gasteiger partial charge in [-0.2, -0.15) is 13.2 Å². The molecule has 0 radical (unpaired) electrons. The van der Waals surface area contributed by atoms with E-state index in [1.807, 2.05) is 0 Å². The third-order valence-electron chi connectivity index (χ3n) is 2.05. The van der Waals surface area contributed by atoms with Crippen molar-refractivity contribution in [1.82, 2.24) is 0 Å². The van der Waals surface area contributed by atoms with Gasteiger partial charge in [0, 0.05) is 0 Å². The lowest BCUT2D eigenvalue weighted by Crippen LogP contribution is -2.46. The van der Waals surface area contributed by atoms with Gasteiger partial charge in [0.15, 0.2) is 11.9 Å². The van der Waals surface area contributed by atoms with Gasteiger partial charge in [0.25, 0.3) is 0 Å². The second kappa shape index (κ2) is 3.89. The first-order valence-electron chi connectivity index (χ1n) is 4.38. The molecule has 1 aliphatic heterocycles. The Kier molecular flexibility index (Phi) is 3.30. The van der Waals surface area contributed by atoms with Crippen LogP contribution in [0.2, 0.25) is 0 Å². The molecule has 2 N–H and O–H groups in total. The lowest BCUT2D eigenvalue weighted by atomic mass is 10.1. The molecule has 15 heavy (non-hydrogen) atoms. The summed E-state index contributed by atoms with van der Waals surface area (Å²) < 4.78 is 46.5. The minimum Gasteiger partial charge on any atom is -0.394 e. The standard InChI is InChI=1S/C8H13F3O4/c1-7(2)14-4(3-12)5(15-7)6(13)8(9,10)11/h4-6,12-13H,3H2,1-2H3/t4-,5+,6?/m1/s1. The second-order valence-electron chi connectivity index (χ2n) is 3.81. The molecule has 1 rings (SSSR count). The van der Waals surface area contributed by atoms with Crippen molar-refractivity contribution < 1.29 is 32.9 Å². The maximum atomic E-state index is 12.2. The van der Waals surface area contributed by atoms with Crippen molar-refractivity contribution in [1.29, 1.82) is 0 Å². The lowest BCUT2D eigenvalue weighted by Gasteiger charge is -2.23. The SMILES string of the molecule is CC1(C)O[C@H](C(O)C(F)(F)F)[C@@H](CO)O1. The number of ether oxygens (including phenoxy) is 2. The van der Waals surface area contributed by atoms with E-state index in [2.05, 4.69) is 0 Å². The highest BCUT2D eigenvalue weighted by molar-refractivity contribution is 4.89. The van der Waals surface area contributed by atoms with Gasteiger partial charge in [0.2, 0.25) is 0 Å². The van der Waals surface area contributed by atoms with Gasteiger partial charge in [-0.25, -0.2) is 0 Å². The highest BCUT2D eigenvalue weighted by atomic mass is 19.4. The molecule has 7 heteroatoms. The smallest absolute Gasteiger partial charge is 0.394 e. The van der Waals surface area contributed by atoms with E-state index in [4.69, 9.17) is 19.7 Å². The molecule has 0 spiro atoms. The molecule has 4 nitrogen and oxygen atoms in total. The molecule has 1 unspecified atom stereocenters. The van der Waals surface area contributed by atoms with Gasteiger partial charge in [0.05, 0.1) is 6.61 Å². The van der Waals surface area contributed by atoms with E-state index in [9.17, 15) is 13.2 Å². The van der Waals surface area contributed by atoms with Crippen LogP contribution >= 0.6 is 0 Å². The molecule has 1 heterocycles. The van der Waals surface area contributed by atoms with Crippen LogP contribution in [-0.2, 0) is 9.47 Å². The Morgan fingerprint density at radius 1 is 1.33 bits per heavy atom. The van der Waals surface area contributed by atoms with Crippen molar-refractivity contribution in [3.8, 4) is 0 Å². The summed E-state index contributed by atoms with van der Waals surface area (Å²) in [4.78, 5) is 0. The van der Waals surface area contributed by atoms with Crippen LogP contribution in [0.25, 0.3) is 0 Å². The zero-order chi connectivity index (χ0) is 11.9. The Morgan fingerprint density at radius 2 is 1.87 bits per heavy atom. The lowest BCUT2D eigenvalue weighted by molar-refractivity contribution is -0.242. The van der Waals surface area contributed by atoms with E-state index in [-0.39, 0.29) is 0 Å². The number of halogens is 3. The fourth-order valence-corrected chi connectivity index (χ4v) is 1.46. The van der Waals surface area contributed by atoms with Crippen LogP contribution in [0.3, 0.4) is 0 Å². The molecule has 0 bridgehead atoms. The molecule has 1 saturated heterocycles. The predicted octanol–water partition coefficient (Wildman–Crippen LogP) is 0.422. The average molecular weight is 230 g/mol. The van der Waals surface area contributed by atoms with E-state index in [1.165, 1.54) is 13.8 Å². The summed E-state index contributed by atoms with van der Waals surface area (Å²) >= 11 is 0. The molecular formula is C8H13F3O4. The summed E-state index contributed by atoms with van der Waals surface area (Å²) in [5.41, 5.74) is 0. The van der Waals surface area contributed by atoms with Crippen LogP contribution in [-0.4, -0.2) is 47.1 Å². The Labute approximate surface area is 84.6 Å². The zero-order valence-electron chi connectivity index (χ0n) is 8.28. The third kappa shape index (κ3) is 2.81. The number of alkyl halides is 3. The van der Waals surface area contributed by atoms with Crippen LogP contribution in [0.1, 0.15) is 13.8 Å². The van der Waals surface area contributed by atoms with Crippen molar-refractivity contribution in [2.75, 3.05) is 6.61 Å². The number of hydrogen-bond acceptors (Lipinski definition) is 4. The summed E-state index contributed by atoms with van der Waals surface area (Å²) in [6, 6.07) is 0. The van der Waals surface area contributed by atoms with Crippen LogP contribution in [0.15, 0.2) is 0 Å². The highest BCUT2D eigenvalue weighted by Gasteiger charge is 2.53. The van der Waals surface area contributed by atoms with E-state index >= 15 is 0 Å². The molecule has 0 amide bonds. The number of aliphatic hydroxyl groups is 2. The van der Waals surface area contributed by atoms with Crippen molar-refractivity contribution in [3.63, 3.8) is 0 Å². The Hall–Kier alpha value is -0.370. The molecule has 0 aromatic heterocycles. The fourth-order valence-electron chi connectivity index (χ4n) is 1.46. The van der Waals surface area contributed by atoms with Crippen LogP contribution in [0, 0.1) is 0 Å². The Bertz CT molecular complexity index is 225. The molecule has 0 aromatic rings. The summed E-state index contributed by atoms with van der Waals surface area (Å²) in [5, 5.41) is 17.8. The van der Waals surface area contributed by atoms with E-state index < -0.39 is 36.9 Å². The van der Waals surface area contributed by atoms with Crippen molar-refractivity contribution in [3.05, 3.63) is 0 Å². The summed E-state index contributed by atoms with van der Waals surface area (Å²) in [6.45, 7) is 2.19. The second-order valence-corrected chi connectivity index (χ2v) is 3.81. The molecule has 1 fully saturated rings. The summed E-state index contributed by atoms with van der Waals surface area (Å²) in [5.74, 6) is -1.23. The van der Waals surface area contributed by atoms with E-state index in [0.29, 0.717) is 0 Å². The van der Waals surface area contributed by atoms with Crippen molar-refractivity contribution in [2.24, 2.45) is 0 Å². The van der Waals surface area contributed by atoms with Crippen molar-refractivity contribution in [2.45, 2.75) is 44.1 Å². The maximum absolute atomic E-state index is 12.2. The summed E-state index contributed by atoms with van der Waals surface area (Å²) in [7, 11) is 0. The first kappa shape index (κ1) is 12.7. The quantitative estimate of drug-likeness (QED) is 0.722. The Morgan fingerprint density at radius 3 is 2.27 bits per heavy atom. The molecule has 0 saturated carbocycles. The number of rotatable bonds is 2. The molecule has 0 aliphatic carbocycles. The third-order valence-corrected chi connectivity index (χ3v) is 2.05. The first-order chi connectivity index (χ1) is 6.67. The molecular weight excluding hydrogens is 217 g/mol. The molecule has 90 valence electrons. The van der Waals surface area contributed by atoms with Gasteiger partial charge in [-0.05, 0) is 13.8 Å². The fraction of sp³-hybridized carbons (Fsp3) is 1.00. The first-order valence-corrected chi connectivity index (χ1v) is 4.38. The van der Waals surface area contributed by atoms with Crippen LogP contribution in [0.5, 0.6) is 0 Å². The number of hydrogen-bond donors (Lipinski definition) is 2. The highest BCUT2D eigenvalue weighted by Crippen LogP contribution is 2.35. The minimum absolute atomic E-state index is 0.638. The van der Waals surface area contributed by atoms with Gasteiger partial charge in [-0.3, -0.25) is 0 Å². The van der Waals surface area contributed by atoms with Gasteiger partial charge < -0.3 is 19.7 Å². The molecule has 1 aliphatic rings. The number of aliphatic hydroxyl groups excluding tert-OH is 2. The maximum Gasteiger partial charge on any atom is 0.417 e. The minimum atomic E-state index is -4.79.